The maximum Gasteiger partial charge on any atom is 0.230 e. The molecule has 122 valence electrons. The average molecular weight is 323 g/mol. The molecule has 6 heteroatoms. The Labute approximate surface area is 127 Å². The van der Waals surface area contributed by atoms with Crippen molar-refractivity contribution in [2.75, 3.05) is 0 Å². The number of hydrogen-bond donors (Lipinski definition) is 0. The molecule has 0 spiro atoms. The molecule has 0 rings (SSSR count). The molecule has 0 aliphatic heterocycles. The van der Waals surface area contributed by atoms with E-state index in [4.69, 9.17) is 18.9 Å². The molecule has 0 saturated heterocycles. The van der Waals surface area contributed by atoms with E-state index in [9.17, 15) is 0 Å². The van der Waals surface area contributed by atoms with Crippen LogP contribution in [0.1, 0.15) is 45.4 Å². The van der Waals surface area contributed by atoms with Crippen molar-refractivity contribution in [3.8, 4) is 0 Å². The van der Waals surface area contributed by atoms with Crippen molar-refractivity contribution < 1.29 is 18.9 Å². The lowest BCUT2D eigenvalue weighted by Crippen LogP contribution is -2.33. The zero-order valence-electron chi connectivity index (χ0n) is 14.5. The smallest absolute Gasteiger partial charge is 0.230 e. The molecule has 0 saturated carbocycles. The third-order valence-corrected chi connectivity index (χ3v) is 3.55. The molecular formula is C14H34O4Si2. The van der Waals surface area contributed by atoms with Crippen molar-refractivity contribution in [3.63, 3.8) is 0 Å². The highest BCUT2D eigenvalue weighted by Crippen LogP contribution is 2.16. The van der Waals surface area contributed by atoms with Crippen LogP contribution in [0.4, 0.5) is 0 Å². The van der Waals surface area contributed by atoms with E-state index in [0.29, 0.717) is 0 Å². The molecule has 0 atom stereocenters. The van der Waals surface area contributed by atoms with Gasteiger partial charge < -0.3 is 0 Å². The first-order valence-electron chi connectivity index (χ1n) is 7.83. The molecule has 0 aromatic rings. The van der Waals surface area contributed by atoms with E-state index in [1.165, 1.54) is 25.7 Å². The Bertz CT molecular complexity index is 218. The standard InChI is InChI=1S/C14H34O4Si2/c1-8-9-10-11-12-13-14(15-17-19(2,3)4)16-18-20(5,6)7/h14H,8-13H2,1-7H3. The second kappa shape index (κ2) is 10.1. The van der Waals surface area contributed by atoms with Crippen LogP contribution in [0.2, 0.25) is 39.3 Å². The van der Waals surface area contributed by atoms with Gasteiger partial charge >= 0.3 is 0 Å². The normalized spacial score (nSPS) is 13.2. The van der Waals surface area contributed by atoms with E-state index in [0.717, 1.165) is 12.8 Å². The van der Waals surface area contributed by atoms with Gasteiger partial charge in [0.15, 0.2) is 0 Å². The minimum atomic E-state index is -1.70. The zero-order valence-corrected chi connectivity index (χ0v) is 16.5. The first kappa shape index (κ1) is 20.3. The molecule has 0 bridgehead atoms. The first-order valence-corrected chi connectivity index (χ1v) is 14.6. The maximum absolute atomic E-state index is 5.48. The summed E-state index contributed by atoms with van der Waals surface area (Å²) in [5.74, 6) is 0. The molecule has 0 heterocycles. The summed E-state index contributed by atoms with van der Waals surface area (Å²) in [6, 6.07) is 0. The molecule has 0 aliphatic rings. The summed E-state index contributed by atoms with van der Waals surface area (Å²) in [6.07, 6.45) is 6.52. The zero-order chi connectivity index (χ0) is 15.6. The van der Waals surface area contributed by atoms with Gasteiger partial charge in [0.2, 0.25) is 22.9 Å². The highest BCUT2D eigenvalue weighted by Gasteiger charge is 2.23. The molecule has 4 nitrogen and oxygen atoms in total. The van der Waals surface area contributed by atoms with Crippen molar-refractivity contribution in [2.45, 2.75) is 91.0 Å². The van der Waals surface area contributed by atoms with Crippen molar-refractivity contribution >= 4 is 16.6 Å². The molecule has 0 aliphatic carbocycles. The third kappa shape index (κ3) is 14.7. The quantitative estimate of drug-likeness (QED) is 0.162. The lowest BCUT2D eigenvalue weighted by molar-refractivity contribution is -0.410. The van der Waals surface area contributed by atoms with E-state index in [1.54, 1.807) is 0 Å². The Morgan fingerprint density at radius 3 is 1.55 bits per heavy atom. The summed E-state index contributed by atoms with van der Waals surface area (Å²) in [6.45, 7) is 14.7. The van der Waals surface area contributed by atoms with Gasteiger partial charge in [-0.05, 0) is 45.7 Å². The molecule has 0 N–H and O–H groups in total. The summed E-state index contributed by atoms with van der Waals surface area (Å²) < 4.78 is 11.0. The molecule has 0 aromatic carbocycles. The van der Waals surface area contributed by atoms with Gasteiger partial charge in [-0.25, -0.2) is 9.78 Å². The van der Waals surface area contributed by atoms with Crippen molar-refractivity contribution in [1.29, 1.82) is 0 Å². The second-order valence-electron chi connectivity index (χ2n) is 7.22. The van der Waals surface area contributed by atoms with Gasteiger partial charge in [-0.3, -0.25) is 9.15 Å². The van der Waals surface area contributed by atoms with Crippen molar-refractivity contribution in [1.82, 2.24) is 0 Å². The van der Waals surface area contributed by atoms with E-state index >= 15 is 0 Å². The molecule has 0 unspecified atom stereocenters. The van der Waals surface area contributed by atoms with Gasteiger partial charge in [0.05, 0.1) is 0 Å². The fourth-order valence-electron chi connectivity index (χ4n) is 1.42. The van der Waals surface area contributed by atoms with E-state index in [-0.39, 0.29) is 0 Å². The predicted molar refractivity (Wildman–Crippen MR) is 88.2 cm³/mol. The number of rotatable bonds is 12. The number of unbranched alkanes of at least 4 members (excludes halogenated alkanes) is 4. The molecule has 0 radical (unpaired) electrons. The number of hydrogen-bond acceptors (Lipinski definition) is 4. The highest BCUT2D eigenvalue weighted by molar-refractivity contribution is 6.69. The fraction of sp³-hybridized carbons (Fsp3) is 1.00. The second-order valence-corrected chi connectivity index (χ2v) is 16.0. The van der Waals surface area contributed by atoms with Crippen LogP contribution in [0, 0.1) is 0 Å². The van der Waals surface area contributed by atoms with Gasteiger partial charge in [-0.15, -0.1) is 0 Å². The van der Waals surface area contributed by atoms with E-state index in [1.807, 2.05) is 0 Å². The van der Waals surface area contributed by atoms with Crippen LogP contribution in [-0.2, 0) is 18.9 Å². The molecule has 20 heavy (non-hydrogen) atoms. The minimum absolute atomic E-state index is 0.407. The third-order valence-electron chi connectivity index (χ3n) is 2.35. The van der Waals surface area contributed by atoms with Crippen LogP contribution in [0.3, 0.4) is 0 Å². The van der Waals surface area contributed by atoms with Gasteiger partial charge in [0, 0.05) is 6.42 Å². The Kier molecular flexibility index (Phi) is 10.2. The topological polar surface area (TPSA) is 36.9 Å². The van der Waals surface area contributed by atoms with Crippen LogP contribution in [-0.4, -0.2) is 22.9 Å². The average Bonchev–Trinajstić information content (AvgIpc) is 2.29. The highest BCUT2D eigenvalue weighted by atomic mass is 28.4. The van der Waals surface area contributed by atoms with Crippen LogP contribution in [0.15, 0.2) is 0 Å². The van der Waals surface area contributed by atoms with E-state index in [2.05, 4.69) is 46.2 Å². The molecule has 0 amide bonds. The Morgan fingerprint density at radius 2 is 1.15 bits per heavy atom. The maximum atomic E-state index is 5.48. The van der Waals surface area contributed by atoms with Gasteiger partial charge in [-0.2, -0.15) is 0 Å². The van der Waals surface area contributed by atoms with Crippen LogP contribution in [0.25, 0.3) is 0 Å². The Morgan fingerprint density at radius 1 is 0.700 bits per heavy atom. The fourth-order valence-corrected chi connectivity index (χ4v) is 2.21. The monoisotopic (exact) mass is 322 g/mol. The van der Waals surface area contributed by atoms with Crippen molar-refractivity contribution in [3.05, 3.63) is 0 Å². The molecule has 0 aromatic heterocycles. The van der Waals surface area contributed by atoms with Gasteiger partial charge in [0.25, 0.3) is 0 Å². The lowest BCUT2D eigenvalue weighted by atomic mass is 10.1. The predicted octanol–water partition coefficient (Wildman–Crippen LogP) is 5.24. The van der Waals surface area contributed by atoms with Gasteiger partial charge in [-0.1, -0.05) is 32.6 Å². The van der Waals surface area contributed by atoms with Crippen LogP contribution >= 0.6 is 0 Å². The molecular weight excluding hydrogens is 288 g/mol. The molecule has 0 fully saturated rings. The summed E-state index contributed by atoms with van der Waals surface area (Å²) in [7, 11) is -3.40. The Balaban J connectivity index is 4.04. The first-order chi connectivity index (χ1) is 9.14. The largest absolute Gasteiger partial charge is 0.284 e. The van der Waals surface area contributed by atoms with Crippen LogP contribution < -0.4 is 0 Å². The summed E-state index contributed by atoms with van der Waals surface area (Å²) >= 11 is 0. The van der Waals surface area contributed by atoms with Gasteiger partial charge in [0.1, 0.15) is 0 Å². The van der Waals surface area contributed by atoms with Crippen LogP contribution in [0.5, 0.6) is 0 Å². The lowest BCUT2D eigenvalue weighted by Gasteiger charge is -2.24. The minimum Gasteiger partial charge on any atom is -0.284 e. The van der Waals surface area contributed by atoms with Crippen molar-refractivity contribution in [2.24, 2.45) is 0 Å². The summed E-state index contributed by atoms with van der Waals surface area (Å²) in [5.41, 5.74) is 0. The summed E-state index contributed by atoms with van der Waals surface area (Å²) in [4.78, 5) is 10.9. The SMILES string of the molecule is CCCCCCCC(OO[Si](C)(C)C)OO[Si](C)(C)C. The van der Waals surface area contributed by atoms with E-state index < -0.39 is 22.9 Å². The summed E-state index contributed by atoms with van der Waals surface area (Å²) in [5, 5.41) is 0. The Hall–Kier alpha value is 0.274.